The number of carbonyl (C=O) groups is 1. The second-order valence-corrected chi connectivity index (χ2v) is 6.08. The second-order valence-electron chi connectivity index (χ2n) is 6.08. The molecule has 6 nitrogen and oxygen atoms in total. The largest absolute Gasteiger partial charge is 0.490 e. The smallest absolute Gasteiger partial charge is 0.255 e. The van der Waals surface area contributed by atoms with E-state index in [4.69, 9.17) is 9.47 Å². The van der Waals surface area contributed by atoms with E-state index in [2.05, 4.69) is 10.3 Å². The molecule has 0 saturated carbocycles. The Morgan fingerprint density at radius 1 is 1.50 bits per heavy atom. The van der Waals surface area contributed by atoms with Crippen molar-refractivity contribution >= 4 is 5.91 Å². The fourth-order valence-electron chi connectivity index (χ4n) is 2.80. The number of para-hydroxylation sites is 1. The number of rotatable bonds is 7. The van der Waals surface area contributed by atoms with E-state index in [1.165, 1.54) is 0 Å². The number of aromatic nitrogens is 2. The van der Waals surface area contributed by atoms with Crippen molar-refractivity contribution < 1.29 is 14.3 Å². The number of imidazole rings is 1. The van der Waals surface area contributed by atoms with Crippen LogP contribution in [-0.2, 0) is 11.3 Å². The Balaban J connectivity index is 1.59. The van der Waals surface area contributed by atoms with E-state index in [1.807, 2.05) is 35.9 Å². The molecule has 2 heterocycles. The van der Waals surface area contributed by atoms with Crippen LogP contribution in [0.1, 0.15) is 30.1 Å². The maximum absolute atomic E-state index is 12.6. The quantitative estimate of drug-likeness (QED) is 0.846. The lowest BCUT2D eigenvalue weighted by Crippen LogP contribution is -2.35. The Morgan fingerprint density at radius 3 is 3.12 bits per heavy atom. The molecule has 1 aromatic heterocycles. The third-order valence-corrected chi connectivity index (χ3v) is 4.00. The van der Waals surface area contributed by atoms with Crippen molar-refractivity contribution in [3.8, 4) is 5.75 Å². The number of ether oxygens (including phenoxy) is 2. The highest BCUT2D eigenvalue weighted by molar-refractivity contribution is 5.97. The molecule has 3 rings (SSSR count). The van der Waals surface area contributed by atoms with Gasteiger partial charge in [0.15, 0.2) is 0 Å². The number of nitrogens with zero attached hydrogens (tertiary/aromatic N) is 2. The van der Waals surface area contributed by atoms with Crippen LogP contribution in [0.4, 0.5) is 0 Å². The van der Waals surface area contributed by atoms with Gasteiger partial charge in [0.25, 0.3) is 5.91 Å². The number of benzene rings is 1. The molecule has 1 aliphatic rings. The predicted molar refractivity (Wildman–Crippen MR) is 90.1 cm³/mol. The topological polar surface area (TPSA) is 65.4 Å². The highest BCUT2D eigenvalue weighted by Gasteiger charge is 2.19. The van der Waals surface area contributed by atoms with Crippen molar-refractivity contribution in [2.75, 3.05) is 13.2 Å². The molecule has 0 radical (unpaired) electrons. The SMILES string of the molecule is C[C@H](Cn1ccnc1)NC(=O)c1ccccc1OC[C@@H]1CCCO1. The highest BCUT2D eigenvalue weighted by Crippen LogP contribution is 2.20. The lowest BCUT2D eigenvalue weighted by Gasteiger charge is -2.17. The minimum Gasteiger partial charge on any atom is -0.490 e. The highest BCUT2D eigenvalue weighted by atomic mass is 16.5. The molecule has 1 aromatic carbocycles. The number of amides is 1. The minimum atomic E-state index is -0.134. The third-order valence-electron chi connectivity index (χ3n) is 4.00. The second kappa shape index (κ2) is 7.97. The van der Waals surface area contributed by atoms with E-state index in [-0.39, 0.29) is 18.1 Å². The zero-order chi connectivity index (χ0) is 16.8. The lowest BCUT2D eigenvalue weighted by atomic mass is 10.1. The van der Waals surface area contributed by atoms with Gasteiger partial charge in [0.2, 0.25) is 0 Å². The summed E-state index contributed by atoms with van der Waals surface area (Å²) in [5.74, 6) is 0.464. The standard InChI is InChI=1S/C18H23N3O3/c1-14(11-21-9-8-19-13-21)20-18(22)16-6-2-3-7-17(16)24-12-15-5-4-10-23-15/h2-3,6-9,13-15H,4-5,10-12H2,1H3,(H,20,22)/t14-,15+/m1/s1. The van der Waals surface area contributed by atoms with Crippen LogP contribution in [0.3, 0.4) is 0 Å². The number of carbonyl (C=O) groups excluding carboxylic acids is 1. The van der Waals surface area contributed by atoms with E-state index in [9.17, 15) is 4.79 Å². The molecule has 24 heavy (non-hydrogen) atoms. The number of hydrogen-bond donors (Lipinski definition) is 1. The maximum atomic E-state index is 12.6. The maximum Gasteiger partial charge on any atom is 0.255 e. The Hall–Kier alpha value is -2.34. The Kier molecular flexibility index (Phi) is 5.48. The molecule has 1 amide bonds. The number of hydrogen-bond acceptors (Lipinski definition) is 4. The van der Waals surface area contributed by atoms with E-state index < -0.39 is 0 Å². The summed E-state index contributed by atoms with van der Waals surface area (Å²) >= 11 is 0. The molecule has 6 heteroatoms. The first kappa shape index (κ1) is 16.5. The van der Waals surface area contributed by atoms with Crippen LogP contribution in [0.15, 0.2) is 43.0 Å². The van der Waals surface area contributed by atoms with Crippen molar-refractivity contribution in [3.05, 3.63) is 48.5 Å². The van der Waals surface area contributed by atoms with Crippen molar-refractivity contribution in [1.82, 2.24) is 14.9 Å². The fourth-order valence-corrected chi connectivity index (χ4v) is 2.80. The molecule has 2 aromatic rings. The van der Waals surface area contributed by atoms with Gasteiger partial charge in [-0.25, -0.2) is 4.98 Å². The summed E-state index contributed by atoms with van der Waals surface area (Å²) < 4.78 is 13.3. The van der Waals surface area contributed by atoms with Crippen LogP contribution in [0.25, 0.3) is 0 Å². The molecule has 0 spiro atoms. The molecule has 1 fully saturated rings. The monoisotopic (exact) mass is 329 g/mol. The first-order valence-corrected chi connectivity index (χ1v) is 8.32. The van der Waals surface area contributed by atoms with E-state index in [1.54, 1.807) is 18.6 Å². The van der Waals surface area contributed by atoms with Crippen LogP contribution in [-0.4, -0.2) is 40.8 Å². The summed E-state index contributed by atoms with van der Waals surface area (Å²) in [6.07, 6.45) is 7.55. The fraction of sp³-hybridized carbons (Fsp3) is 0.444. The normalized spacial score (nSPS) is 18.3. The summed E-state index contributed by atoms with van der Waals surface area (Å²) in [5.41, 5.74) is 0.549. The molecule has 2 atom stereocenters. The summed E-state index contributed by atoms with van der Waals surface area (Å²) in [7, 11) is 0. The summed E-state index contributed by atoms with van der Waals surface area (Å²) in [4.78, 5) is 16.6. The average molecular weight is 329 g/mol. The molecule has 1 N–H and O–H groups in total. The molecule has 1 aliphatic heterocycles. The summed E-state index contributed by atoms with van der Waals surface area (Å²) in [6.45, 7) is 3.91. The van der Waals surface area contributed by atoms with Gasteiger partial charge in [-0.05, 0) is 31.9 Å². The van der Waals surface area contributed by atoms with Gasteiger partial charge >= 0.3 is 0 Å². The van der Waals surface area contributed by atoms with Gasteiger partial charge in [-0.3, -0.25) is 4.79 Å². The van der Waals surface area contributed by atoms with Gasteiger partial charge in [-0.2, -0.15) is 0 Å². The van der Waals surface area contributed by atoms with E-state index in [0.717, 1.165) is 19.4 Å². The first-order chi connectivity index (χ1) is 11.7. The van der Waals surface area contributed by atoms with Gasteiger partial charge in [-0.15, -0.1) is 0 Å². The lowest BCUT2D eigenvalue weighted by molar-refractivity contribution is 0.0670. The van der Waals surface area contributed by atoms with Crippen LogP contribution in [0, 0.1) is 0 Å². The van der Waals surface area contributed by atoms with E-state index in [0.29, 0.717) is 24.5 Å². The summed E-state index contributed by atoms with van der Waals surface area (Å²) in [5, 5.41) is 3.00. The zero-order valence-corrected chi connectivity index (χ0v) is 13.9. The van der Waals surface area contributed by atoms with Crippen molar-refractivity contribution in [2.45, 2.75) is 38.5 Å². The van der Waals surface area contributed by atoms with E-state index >= 15 is 0 Å². The Morgan fingerprint density at radius 2 is 2.38 bits per heavy atom. The molecule has 0 unspecified atom stereocenters. The van der Waals surface area contributed by atoms with Gasteiger partial charge in [0.05, 0.1) is 18.0 Å². The molecule has 128 valence electrons. The van der Waals surface area contributed by atoms with Crippen molar-refractivity contribution in [3.63, 3.8) is 0 Å². The van der Waals surface area contributed by atoms with Crippen molar-refractivity contribution in [2.24, 2.45) is 0 Å². The molecule has 0 aliphatic carbocycles. The molecule has 1 saturated heterocycles. The summed E-state index contributed by atoms with van der Waals surface area (Å²) in [6, 6.07) is 7.30. The molecular weight excluding hydrogens is 306 g/mol. The van der Waals surface area contributed by atoms with Crippen LogP contribution < -0.4 is 10.1 Å². The Labute approximate surface area is 141 Å². The molecular formula is C18H23N3O3. The zero-order valence-electron chi connectivity index (χ0n) is 13.9. The first-order valence-electron chi connectivity index (χ1n) is 8.32. The van der Waals surface area contributed by atoms with Gasteiger partial charge in [0, 0.05) is 31.6 Å². The van der Waals surface area contributed by atoms with Crippen LogP contribution >= 0.6 is 0 Å². The molecule has 0 bridgehead atoms. The van der Waals surface area contributed by atoms with Gasteiger partial charge in [0.1, 0.15) is 12.4 Å². The average Bonchev–Trinajstić information content (AvgIpc) is 3.26. The number of nitrogens with one attached hydrogen (secondary N) is 1. The van der Waals surface area contributed by atoms with Gasteiger partial charge in [-0.1, -0.05) is 12.1 Å². The predicted octanol–water partition coefficient (Wildman–Crippen LogP) is 2.26. The van der Waals surface area contributed by atoms with Crippen molar-refractivity contribution in [1.29, 1.82) is 0 Å². The van der Waals surface area contributed by atoms with Crippen LogP contribution in [0.5, 0.6) is 5.75 Å². The Bertz CT molecular complexity index is 651. The van der Waals surface area contributed by atoms with Gasteiger partial charge < -0.3 is 19.4 Å². The van der Waals surface area contributed by atoms with Crippen LogP contribution in [0.2, 0.25) is 0 Å². The minimum absolute atomic E-state index is 0.0158. The third kappa shape index (κ3) is 4.35.